The van der Waals surface area contributed by atoms with E-state index in [9.17, 15) is 13.2 Å². The molecule has 0 radical (unpaired) electrons. The normalized spacial score (nSPS) is 17.2. The topological polar surface area (TPSA) is 92.3 Å². The molecule has 162 valence electrons. The van der Waals surface area contributed by atoms with E-state index in [4.69, 9.17) is 0 Å². The summed E-state index contributed by atoms with van der Waals surface area (Å²) in [6, 6.07) is 18.9. The molecule has 1 aromatic heterocycles. The number of rotatable bonds is 7. The Labute approximate surface area is 189 Å². The highest BCUT2D eigenvalue weighted by atomic mass is 32.2. The summed E-state index contributed by atoms with van der Waals surface area (Å²) in [6.07, 6.45) is 0. The summed E-state index contributed by atoms with van der Waals surface area (Å²) in [5, 5.41) is 11.6. The summed E-state index contributed by atoms with van der Waals surface area (Å²) < 4.78 is 24.5. The van der Waals surface area contributed by atoms with E-state index in [-0.39, 0.29) is 17.4 Å². The van der Waals surface area contributed by atoms with Crippen molar-refractivity contribution in [3.8, 4) is 0 Å². The molecule has 4 rings (SSSR count). The number of sulfone groups is 1. The lowest BCUT2D eigenvalue weighted by Gasteiger charge is -2.33. The van der Waals surface area contributed by atoms with Crippen molar-refractivity contribution in [1.82, 2.24) is 15.1 Å². The third-order valence-electron chi connectivity index (χ3n) is 4.95. The smallest absolute Gasteiger partial charge is 0.248 e. The number of aromatic nitrogens is 2. The molecule has 0 bridgehead atoms. The molecule has 0 spiro atoms. The molecule has 1 saturated heterocycles. The van der Waals surface area contributed by atoms with Gasteiger partial charge in [0.15, 0.2) is 14.2 Å². The van der Waals surface area contributed by atoms with Crippen LogP contribution in [0, 0.1) is 0 Å². The first-order chi connectivity index (χ1) is 15.0. The van der Waals surface area contributed by atoms with Crippen molar-refractivity contribution in [2.24, 2.45) is 0 Å². The molecule has 1 amide bonds. The molecule has 7 nitrogen and oxygen atoms in total. The minimum absolute atomic E-state index is 0.0582. The third kappa shape index (κ3) is 5.91. The number of carbonyl (C=O) groups excluding carboxylic acids is 1. The Bertz CT molecular complexity index is 1110. The number of hydrogen-bond donors (Lipinski definition) is 1. The largest absolute Gasteiger partial charge is 0.299 e. The predicted molar refractivity (Wildman–Crippen MR) is 124 cm³/mol. The fourth-order valence-electron chi connectivity index (χ4n) is 3.36. The zero-order valence-corrected chi connectivity index (χ0v) is 19.1. The van der Waals surface area contributed by atoms with Gasteiger partial charge in [0, 0.05) is 18.8 Å². The van der Waals surface area contributed by atoms with Crippen LogP contribution in [0.3, 0.4) is 0 Å². The van der Waals surface area contributed by atoms with Gasteiger partial charge in [-0.3, -0.25) is 15.0 Å². The maximum atomic E-state index is 13.2. The zero-order valence-electron chi connectivity index (χ0n) is 16.7. The molecule has 3 aromatic rings. The van der Waals surface area contributed by atoms with Gasteiger partial charge in [-0.25, -0.2) is 8.42 Å². The average Bonchev–Trinajstić information content (AvgIpc) is 3.22. The van der Waals surface area contributed by atoms with Gasteiger partial charge in [0.05, 0.1) is 11.5 Å². The highest BCUT2D eigenvalue weighted by Gasteiger charge is 2.33. The fraction of sp³-hybridized carbons (Fsp3) is 0.286. The van der Waals surface area contributed by atoms with Gasteiger partial charge in [0.25, 0.3) is 0 Å². The number of hydrogen-bond acceptors (Lipinski definition) is 8. The first-order valence-corrected chi connectivity index (χ1v) is 13.4. The second-order valence-electron chi connectivity index (χ2n) is 7.14. The van der Waals surface area contributed by atoms with E-state index in [1.807, 2.05) is 53.4 Å². The Kier molecular flexibility index (Phi) is 7.01. The monoisotopic (exact) mass is 474 g/mol. The van der Waals surface area contributed by atoms with Crippen LogP contribution in [0.25, 0.3) is 0 Å². The van der Waals surface area contributed by atoms with Gasteiger partial charge in [-0.2, -0.15) is 0 Å². The molecule has 1 fully saturated rings. The summed E-state index contributed by atoms with van der Waals surface area (Å²) in [5.41, 5.74) is 2.01. The van der Waals surface area contributed by atoms with Crippen LogP contribution in [0.4, 0.5) is 5.13 Å². The van der Waals surface area contributed by atoms with E-state index in [1.54, 1.807) is 11.8 Å². The molecular formula is C21H22N4O3S3. The maximum Gasteiger partial charge on any atom is 0.248 e. The second-order valence-corrected chi connectivity index (χ2v) is 11.6. The van der Waals surface area contributed by atoms with E-state index in [1.165, 1.54) is 16.9 Å². The summed E-state index contributed by atoms with van der Waals surface area (Å²) in [5.74, 6) is 0.658. The van der Waals surface area contributed by atoms with E-state index < -0.39 is 15.9 Å². The first kappa shape index (κ1) is 21.9. The Morgan fingerprint density at radius 3 is 2.35 bits per heavy atom. The van der Waals surface area contributed by atoms with Crippen LogP contribution in [0.1, 0.15) is 17.2 Å². The molecule has 1 N–H and O–H groups in total. The lowest BCUT2D eigenvalue weighted by molar-refractivity contribution is -0.121. The Hall–Kier alpha value is -2.27. The van der Waals surface area contributed by atoms with E-state index in [0.29, 0.717) is 18.2 Å². The number of thioether (sulfide) groups is 1. The second kappa shape index (κ2) is 9.90. The van der Waals surface area contributed by atoms with E-state index in [0.717, 1.165) is 15.7 Å². The standard InChI is InChI=1S/C21H22N4O3S3/c26-19(22-20-23-24-21(30-20)29-15-16-7-3-1-4-8-16)18(17-9-5-2-6-10-17)25-11-13-31(27,28)14-12-25/h1-10,18H,11-15H2,(H,22,23,26). The molecule has 1 atom stereocenters. The van der Waals surface area contributed by atoms with Crippen LogP contribution >= 0.6 is 23.1 Å². The lowest BCUT2D eigenvalue weighted by atomic mass is 10.0. The van der Waals surface area contributed by atoms with Crippen LogP contribution in [0.5, 0.6) is 0 Å². The van der Waals surface area contributed by atoms with Crippen molar-refractivity contribution in [2.45, 2.75) is 16.1 Å². The number of carbonyl (C=O) groups is 1. The maximum absolute atomic E-state index is 13.2. The van der Waals surface area contributed by atoms with Crippen molar-refractivity contribution < 1.29 is 13.2 Å². The van der Waals surface area contributed by atoms with Crippen LogP contribution in [-0.4, -0.2) is 54.0 Å². The van der Waals surface area contributed by atoms with Crippen LogP contribution in [0.2, 0.25) is 0 Å². The Balaban J connectivity index is 1.45. The molecule has 0 saturated carbocycles. The molecule has 1 unspecified atom stereocenters. The quantitative estimate of drug-likeness (QED) is 0.415. The van der Waals surface area contributed by atoms with Gasteiger partial charge < -0.3 is 0 Å². The van der Waals surface area contributed by atoms with Gasteiger partial charge >= 0.3 is 0 Å². The van der Waals surface area contributed by atoms with E-state index in [2.05, 4.69) is 27.6 Å². The number of anilines is 1. The summed E-state index contributed by atoms with van der Waals surface area (Å²) >= 11 is 2.90. The molecular weight excluding hydrogens is 452 g/mol. The number of benzene rings is 2. The van der Waals surface area contributed by atoms with Gasteiger partial charge in [-0.1, -0.05) is 83.8 Å². The summed E-state index contributed by atoms with van der Waals surface area (Å²) in [7, 11) is -3.04. The SMILES string of the molecule is O=C(Nc1nnc(SCc2ccccc2)s1)C(c1ccccc1)N1CCS(=O)(=O)CC1. The van der Waals surface area contributed by atoms with Crippen molar-refractivity contribution in [3.05, 3.63) is 71.8 Å². The fourth-order valence-corrected chi connectivity index (χ4v) is 6.30. The van der Waals surface area contributed by atoms with Gasteiger partial charge in [0.1, 0.15) is 6.04 Å². The van der Waals surface area contributed by atoms with Crippen molar-refractivity contribution in [3.63, 3.8) is 0 Å². The van der Waals surface area contributed by atoms with Gasteiger partial charge in [0.2, 0.25) is 11.0 Å². The third-order valence-corrected chi connectivity index (χ3v) is 8.60. The van der Waals surface area contributed by atoms with Crippen molar-refractivity contribution in [1.29, 1.82) is 0 Å². The molecule has 2 aromatic carbocycles. The van der Waals surface area contributed by atoms with E-state index >= 15 is 0 Å². The Morgan fingerprint density at radius 1 is 1.03 bits per heavy atom. The zero-order chi connectivity index (χ0) is 21.7. The van der Waals surface area contributed by atoms with Crippen molar-refractivity contribution >= 4 is 44.0 Å². The summed E-state index contributed by atoms with van der Waals surface area (Å²) in [6.45, 7) is 0.646. The predicted octanol–water partition coefficient (Wildman–Crippen LogP) is 3.24. The molecule has 0 aliphatic carbocycles. The molecule has 31 heavy (non-hydrogen) atoms. The average molecular weight is 475 g/mol. The van der Waals surface area contributed by atoms with Crippen LogP contribution in [0.15, 0.2) is 65.0 Å². The lowest BCUT2D eigenvalue weighted by Crippen LogP contribution is -2.46. The molecule has 1 aliphatic rings. The van der Waals surface area contributed by atoms with Crippen molar-refractivity contribution in [2.75, 3.05) is 29.9 Å². The number of nitrogens with zero attached hydrogens (tertiary/aromatic N) is 3. The number of nitrogens with one attached hydrogen (secondary N) is 1. The minimum atomic E-state index is -3.04. The molecule has 2 heterocycles. The molecule has 10 heteroatoms. The van der Waals surface area contributed by atoms with Crippen LogP contribution in [-0.2, 0) is 20.4 Å². The minimum Gasteiger partial charge on any atom is -0.299 e. The highest BCUT2D eigenvalue weighted by molar-refractivity contribution is 8.00. The molecule has 1 aliphatic heterocycles. The highest BCUT2D eigenvalue weighted by Crippen LogP contribution is 2.30. The number of amides is 1. The summed E-state index contributed by atoms with van der Waals surface area (Å²) in [4.78, 5) is 15.1. The van der Waals surface area contributed by atoms with Gasteiger partial charge in [-0.15, -0.1) is 10.2 Å². The Morgan fingerprint density at radius 2 is 1.68 bits per heavy atom. The van der Waals surface area contributed by atoms with Gasteiger partial charge in [-0.05, 0) is 11.1 Å². The van der Waals surface area contributed by atoms with Crippen LogP contribution < -0.4 is 5.32 Å². The first-order valence-electron chi connectivity index (χ1n) is 9.81.